The number of carbonyl (C=O) groups is 1. The number of nitrogens with zero attached hydrogens (tertiary/aromatic N) is 2. The maximum Gasteiger partial charge on any atom is 0.155 e. The molecular weight excluding hydrogens is 1100 g/mol. The third kappa shape index (κ3) is 11.9. The van der Waals surface area contributed by atoms with Crippen molar-refractivity contribution in [2.24, 2.45) is 0 Å². The standard InChI is InChI=1S/2C30H28NS.C5H8O2.Ir/c2*1-19(2)22-11-8-9-13-24(22)28-18-25-27(32-28)14-15-31-29(25)21-16-20-10-6-7-12-23(20)26(17-21)30(3,4)5;1-4(6)3-5(2)7;/h2*6-15,17-19H,1-5H3;3,6H,1-2H3;/q2*-1;;/b;;4-3-;. The number of pyridine rings is 2. The number of hydrogen-bond acceptors (Lipinski definition) is 6. The molecule has 10 rings (SSSR count). The van der Waals surface area contributed by atoms with Gasteiger partial charge < -0.3 is 5.11 Å². The van der Waals surface area contributed by atoms with E-state index in [1.807, 2.05) is 35.1 Å². The summed E-state index contributed by atoms with van der Waals surface area (Å²) in [6, 6.07) is 55.5. The van der Waals surface area contributed by atoms with Gasteiger partial charge in [0.25, 0.3) is 0 Å². The maximum absolute atomic E-state index is 10.0. The van der Waals surface area contributed by atoms with Crippen LogP contribution in [0.3, 0.4) is 0 Å². The van der Waals surface area contributed by atoms with Crippen LogP contribution in [0.15, 0.2) is 158 Å². The van der Waals surface area contributed by atoms with Gasteiger partial charge in [-0.25, -0.2) is 0 Å². The first-order chi connectivity index (χ1) is 33.8. The van der Waals surface area contributed by atoms with Gasteiger partial charge in [0, 0.05) is 69.1 Å². The van der Waals surface area contributed by atoms with Crippen LogP contribution in [0.2, 0.25) is 0 Å². The van der Waals surface area contributed by atoms with Crippen molar-refractivity contribution in [1.82, 2.24) is 9.97 Å². The predicted octanol–water partition coefficient (Wildman–Crippen LogP) is 19.0. The Morgan fingerprint density at radius 1 is 0.542 bits per heavy atom. The van der Waals surface area contributed by atoms with E-state index in [9.17, 15) is 4.79 Å². The molecule has 0 unspecified atom stereocenters. The van der Waals surface area contributed by atoms with Gasteiger partial charge in [-0.2, -0.15) is 0 Å². The Labute approximate surface area is 448 Å². The zero-order valence-electron chi connectivity index (χ0n) is 43.5. The zero-order valence-corrected chi connectivity index (χ0v) is 47.5. The average molecular weight is 1160 g/mol. The summed E-state index contributed by atoms with van der Waals surface area (Å²) < 4.78 is 2.53. The quantitative estimate of drug-likeness (QED) is 0.0981. The van der Waals surface area contributed by atoms with E-state index in [2.05, 4.69) is 215 Å². The summed E-state index contributed by atoms with van der Waals surface area (Å²) in [7, 11) is 0. The van der Waals surface area contributed by atoms with Crippen molar-refractivity contribution in [2.45, 2.75) is 106 Å². The number of benzene rings is 6. The molecule has 1 radical (unpaired) electrons. The molecule has 4 heterocycles. The summed E-state index contributed by atoms with van der Waals surface area (Å²) in [5, 5.41) is 15.6. The van der Waals surface area contributed by atoms with Gasteiger partial charge in [-0.3, -0.25) is 14.8 Å². The van der Waals surface area contributed by atoms with E-state index in [-0.39, 0.29) is 42.5 Å². The summed E-state index contributed by atoms with van der Waals surface area (Å²) in [6.07, 6.45) is 5.04. The number of carbonyl (C=O) groups excluding carboxylic acids is 1. The minimum atomic E-state index is -0.125. The van der Waals surface area contributed by atoms with Crippen LogP contribution in [0.1, 0.15) is 117 Å². The molecule has 369 valence electrons. The molecule has 0 amide bonds. The maximum atomic E-state index is 10.0. The molecule has 1 N–H and O–H groups in total. The summed E-state index contributed by atoms with van der Waals surface area (Å²) in [5.74, 6) is 0.904. The number of aliphatic hydroxyl groups is 1. The normalized spacial score (nSPS) is 11.9. The number of rotatable bonds is 7. The van der Waals surface area contributed by atoms with Crippen molar-refractivity contribution in [2.75, 3.05) is 0 Å². The number of aromatic nitrogens is 2. The Bertz CT molecular complexity index is 3360. The molecule has 0 saturated heterocycles. The number of aliphatic hydroxyl groups excluding tert-OH is 1. The number of fused-ring (bicyclic) bond motifs is 4. The van der Waals surface area contributed by atoms with E-state index in [0.29, 0.717) is 11.8 Å². The fraction of sp³-hybridized carbons (Fsp3) is 0.246. The Morgan fingerprint density at radius 3 is 1.26 bits per heavy atom. The summed E-state index contributed by atoms with van der Waals surface area (Å²) in [4.78, 5) is 22.3. The van der Waals surface area contributed by atoms with Gasteiger partial charge in [0.05, 0.1) is 5.76 Å². The molecule has 0 aliphatic carbocycles. The molecule has 10 aromatic rings. The Hall–Kier alpha value is -6.08. The van der Waals surface area contributed by atoms with Gasteiger partial charge in [0.2, 0.25) is 0 Å². The van der Waals surface area contributed by atoms with Crippen LogP contribution >= 0.6 is 22.7 Å². The average Bonchev–Trinajstić information content (AvgIpc) is 3.98. The van der Waals surface area contributed by atoms with Crippen molar-refractivity contribution >= 4 is 70.2 Å². The van der Waals surface area contributed by atoms with Gasteiger partial charge in [0.1, 0.15) is 0 Å². The number of ketones is 1. The molecule has 72 heavy (non-hydrogen) atoms. The van der Waals surface area contributed by atoms with Gasteiger partial charge in [-0.15, -0.1) is 81.0 Å². The van der Waals surface area contributed by atoms with Crippen molar-refractivity contribution < 1.29 is 30.0 Å². The number of hydrogen-bond donors (Lipinski definition) is 1. The topological polar surface area (TPSA) is 63.1 Å². The van der Waals surface area contributed by atoms with E-state index in [4.69, 9.17) is 15.1 Å². The van der Waals surface area contributed by atoms with Crippen LogP contribution in [0.5, 0.6) is 0 Å². The summed E-state index contributed by atoms with van der Waals surface area (Å²) >= 11 is 3.70. The third-order valence-electron chi connectivity index (χ3n) is 12.7. The smallest absolute Gasteiger partial charge is 0.155 e. The van der Waals surface area contributed by atoms with E-state index in [1.54, 1.807) is 0 Å². The second-order valence-corrected chi connectivity index (χ2v) is 23.2. The number of thiophene rings is 2. The molecule has 0 spiro atoms. The molecule has 0 atom stereocenters. The first kappa shape index (κ1) is 53.7. The van der Waals surface area contributed by atoms with Gasteiger partial charge in [0.15, 0.2) is 5.78 Å². The van der Waals surface area contributed by atoms with Crippen molar-refractivity contribution in [3.63, 3.8) is 0 Å². The van der Waals surface area contributed by atoms with Crippen molar-refractivity contribution in [3.05, 3.63) is 192 Å². The van der Waals surface area contributed by atoms with Crippen molar-refractivity contribution in [3.8, 4) is 43.4 Å². The van der Waals surface area contributed by atoms with Gasteiger partial charge >= 0.3 is 0 Å². The fourth-order valence-electron chi connectivity index (χ4n) is 9.32. The molecule has 0 saturated carbocycles. The number of allylic oxidation sites excluding steroid dienone is 2. The largest absolute Gasteiger partial charge is 0.512 e. The molecule has 4 nitrogen and oxygen atoms in total. The van der Waals surface area contributed by atoms with Gasteiger partial charge in [-0.1, -0.05) is 176 Å². The van der Waals surface area contributed by atoms with E-state index in [0.717, 1.165) is 33.3 Å². The molecular formula is C65H64IrN2O2S2-2. The second kappa shape index (κ2) is 22.4. The Balaban J connectivity index is 0.000000184. The van der Waals surface area contributed by atoms with Crippen LogP contribution < -0.4 is 0 Å². The van der Waals surface area contributed by atoms with Crippen LogP contribution in [-0.2, 0) is 35.7 Å². The molecule has 0 bridgehead atoms. The minimum absolute atomic E-state index is 0. The molecule has 0 fully saturated rings. The van der Waals surface area contributed by atoms with Crippen LogP contribution in [-0.4, -0.2) is 20.9 Å². The molecule has 4 aromatic heterocycles. The van der Waals surface area contributed by atoms with Crippen molar-refractivity contribution in [1.29, 1.82) is 0 Å². The zero-order chi connectivity index (χ0) is 50.8. The Morgan fingerprint density at radius 2 is 0.917 bits per heavy atom. The van der Waals surface area contributed by atoms with Crippen LogP contribution in [0, 0.1) is 12.1 Å². The predicted molar refractivity (Wildman–Crippen MR) is 306 cm³/mol. The molecule has 0 aliphatic rings. The van der Waals surface area contributed by atoms with Gasteiger partial charge in [-0.05, 0) is 93.8 Å². The Kier molecular flexibility index (Phi) is 16.7. The third-order valence-corrected chi connectivity index (χ3v) is 14.9. The van der Waals surface area contributed by atoms with E-state index < -0.39 is 0 Å². The molecule has 6 aromatic carbocycles. The van der Waals surface area contributed by atoms with E-state index in [1.165, 1.54) is 94.0 Å². The second-order valence-electron chi connectivity index (χ2n) is 21.0. The first-order valence-electron chi connectivity index (χ1n) is 24.5. The van der Waals surface area contributed by atoms with Crippen LogP contribution in [0.4, 0.5) is 0 Å². The molecule has 0 aliphatic heterocycles. The molecule has 7 heteroatoms. The summed E-state index contributed by atoms with van der Waals surface area (Å²) in [5.41, 5.74) is 12.3. The minimum Gasteiger partial charge on any atom is -0.512 e. The summed E-state index contributed by atoms with van der Waals surface area (Å²) in [6.45, 7) is 25.5. The van der Waals surface area contributed by atoms with E-state index >= 15 is 0 Å². The monoisotopic (exact) mass is 1160 g/mol. The first-order valence-corrected chi connectivity index (χ1v) is 26.2. The fourth-order valence-corrected chi connectivity index (χ4v) is 11.5. The van der Waals surface area contributed by atoms with Crippen LogP contribution in [0.25, 0.3) is 85.1 Å². The SMILES string of the molecule is CC(=O)/C=C(/C)O.CC(C)c1ccccc1-c1cc2c(-c3[c-]c4ccccc4c(C(C)(C)C)c3)nccc2s1.CC(C)c1ccccc1-c1cc2c(-c3[c-]c4ccccc4c(C(C)(C)C)c3)nccc2s1.[Ir].